The van der Waals surface area contributed by atoms with Crippen molar-refractivity contribution in [1.82, 2.24) is 4.57 Å². The lowest BCUT2D eigenvalue weighted by atomic mass is 9.92. The normalized spacial score (nSPS) is 12.7. The zero-order chi connectivity index (χ0) is 14.8. The molecule has 0 fully saturated rings. The summed E-state index contributed by atoms with van der Waals surface area (Å²) >= 11 is 0. The fourth-order valence-corrected chi connectivity index (χ4v) is 2.95. The number of nitrogens with two attached hydrogens (primary N) is 1. The number of aryl methyl sites for hydroxylation is 1. The minimum Gasteiger partial charge on any atom is -0.350 e. The fourth-order valence-electron chi connectivity index (χ4n) is 2.95. The minimum absolute atomic E-state index is 0.131. The van der Waals surface area contributed by atoms with Gasteiger partial charge in [0.15, 0.2) is 0 Å². The highest BCUT2D eigenvalue weighted by Crippen LogP contribution is 2.27. The van der Waals surface area contributed by atoms with Crippen LogP contribution in [0.5, 0.6) is 0 Å². The molecule has 1 atom stereocenters. The number of halogens is 1. The molecule has 0 aliphatic carbocycles. The molecule has 0 saturated carbocycles. The molecule has 2 N–H and O–H groups in total. The van der Waals surface area contributed by atoms with Crippen molar-refractivity contribution < 1.29 is 4.39 Å². The molecule has 3 rings (SSSR count). The lowest BCUT2D eigenvalue weighted by molar-refractivity contribution is 0.617. The van der Waals surface area contributed by atoms with Crippen molar-refractivity contribution in [3.63, 3.8) is 0 Å². The molecule has 1 heterocycles. The third kappa shape index (κ3) is 2.69. The van der Waals surface area contributed by atoms with Crippen LogP contribution in [0.2, 0.25) is 0 Å². The van der Waals surface area contributed by atoms with Crippen LogP contribution in [0.3, 0.4) is 0 Å². The summed E-state index contributed by atoms with van der Waals surface area (Å²) < 4.78 is 15.5. The van der Waals surface area contributed by atoms with Gasteiger partial charge in [0.1, 0.15) is 5.82 Å². The van der Waals surface area contributed by atoms with Gasteiger partial charge in [-0.15, -0.1) is 0 Å². The molecule has 0 saturated heterocycles. The zero-order valence-electron chi connectivity index (χ0n) is 12.1. The number of fused-ring (bicyclic) bond motifs is 1. The maximum absolute atomic E-state index is 13.4. The number of aromatic nitrogens is 1. The van der Waals surface area contributed by atoms with Crippen LogP contribution in [0.25, 0.3) is 10.9 Å². The maximum atomic E-state index is 13.4. The highest BCUT2D eigenvalue weighted by atomic mass is 19.1. The first-order chi connectivity index (χ1) is 10.2. The largest absolute Gasteiger partial charge is 0.350 e. The molecule has 21 heavy (non-hydrogen) atoms. The predicted molar refractivity (Wildman–Crippen MR) is 84.8 cm³/mol. The van der Waals surface area contributed by atoms with Gasteiger partial charge in [-0.2, -0.15) is 0 Å². The van der Waals surface area contributed by atoms with E-state index in [9.17, 15) is 4.39 Å². The van der Waals surface area contributed by atoms with E-state index in [1.807, 2.05) is 25.2 Å². The summed E-state index contributed by atoms with van der Waals surface area (Å²) in [5.41, 5.74) is 9.36. The summed E-state index contributed by atoms with van der Waals surface area (Å²) in [6.07, 6.45) is 2.97. The Kier molecular flexibility index (Phi) is 3.76. The molecule has 1 unspecified atom stereocenters. The summed E-state index contributed by atoms with van der Waals surface area (Å²) in [7, 11) is 2.05. The Morgan fingerprint density at radius 2 is 1.95 bits per heavy atom. The van der Waals surface area contributed by atoms with Crippen LogP contribution in [0.1, 0.15) is 17.0 Å². The molecule has 0 aliphatic heterocycles. The van der Waals surface area contributed by atoms with Crippen LogP contribution in [-0.2, 0) is 13.5 Å². The maximum Gasteiger partial charge on any atom is 0.123 e. The van der Waals surface area contributed by atoms with Gasteiger partial charge in [-0.3, -0.25) is 0 Å². The number of para-hydroxylation sites is 1. The van der Waals surface area contributed by atoms with E-state index in [-0.39, 0.29) is 11.7 Å². The first-order valence-electron chi connectivity index (χ1n) is 7.17. The molecule has 2 nitrogen and oxygen atoms in total. The van der Waals surface area contributed by atoms with Crippen LogP contribution >= 0.6 is 0 Å². The van der Waals surface area contributed by atoms with Crippen LogP contribution < -0.4 is 5.73 Å². The smallest absolute Gasteiger partial charge is 0.123 e. The molecule has 1 aromatic heterocycles. The standard InChI is InChI=1S/C18H19FN2/c1-21-12-15(17-7-2-3-8-18(17)21)9-14(11-20)13-5-4-6-16(19)10-13/h2-8,10,12,14H,9,11,20H2,1H3. The van der Waals surface area contributed by atoms with E-state index in [1.165, 1.54) is 22.5 Å². The van der Waals surface area contributed by atoms with Crippen molar-refractivity contribution in [2.75, 3.05) is 6.54 Å². The van der Waals surface area contributed by atoms with E-state index in [1.54, 1.807) is 12.1 Å². The Morgan fingerprint density at radius 3 is 2.71 bits per heavy atom. The quantitative estimate of drug-likeness (QED) is 0.778. The first kappa shape index (κ1) is 13.8. The second-order valence-corrected chi connectivity index (χ2v) is 5.47. The van der Waals surface area contributed by atoms with E-state index < -0.39 is 0 Å². The van der Waals surface area contributed by atoms with Crippen LogP contribution in [0.15, 0.2) is 54.7 Å². The molecule has 3 heteroatoms. The van der Waals surface area contributed by atoms with Crippen LogP contribution in [-0.4, -0.2) is 11.1 Å². The van der Waals surface area contributed by atoms with Crippen molar-refractivity contribution in [3.8, 4) is 0 Å². The van der Waals surface area contributed by atoms with E-state index in [2.05, 4.69) is 22.9 Å². The van der Waals surface area contributed by atoms with Gasteiger partial charge in [0, 0.05) is 30.1 Å². The van der Waals surface area contributed by atoms with Gasteiger partial charge in [-0.1, -0.05) is 30.3 Å². The second-order valence-electron chi connectivity index (χ2n) is 5.47. The minimum atomic E-state index is -0.205. The average molecular weight is 282 g/mol. The van der Waals surface area contributed by atoms with Crippen molar-refractivity contribution >= 4 is 10.9 Å². The summed E-state index contributed by atoms with van der Waals surface area (Å²) in [4.78, 5) is 0. The molecule has 0 spiro atoms. The highest BCUT2D eigenvalue weighted by molar-refractivity contribution is 5.84. The van der Waals surface area contributed by atoms with Gasteiger partial charge < -0.3 is 10.3 Å². The number of hydrogen-bond donors (Lipinski definition) is 1. The third-order valence-corrected chi connectivity index (χ3v) is 4.05. The molecule has 108 valence electrons. The number of rotatable bonds is 4. The van der Waals surface area contributed by atoms with E-state index in [4.69, 9.17) is 5.73 Å². The Balaban J connectivity index is 1.96. The van der Waals surface area contributed by atoms with Gasteiger partial charge in [-0.25, -0.2) is 4.39 Å². The SMILES string of the molecule is Cn1cc(CC(CN)c2cccc(F)c2)c2ccccc21. The summed E-state index contributed by atoms with van der Waals surface area (Å²) in [6, 6.07) is 15.1. The van der Waals surface area contributed by atoms with Crippen molar-refractivity contribution in [3.05, 3.63) is 71.7 Å². The van der Waals surface area contributed by atoms with Gasteiger partial charge in [0.2, 0.25) is 0 Å². The van der Waals surface area contributed by atoms with Crippen molar-refractivity contribution in [2.24, 2.45) is 12.8 Å². The molecule has 0 aliphatic rings. The summed E-state index contributed by atoms with van der Waals surface area (Å²) in [5.74, 6) is -0.0737. The topological polar surface area (TPSA) is 30.9 Å². The van der Waals surface area contributed by atoms with Crippen LogP contribution in [0.4, 0.5) is 4.39 Å². The Bertz CT molecular complexity index is 761. The Hall–Kier alpha value is -2.13. The van der Waals surface area contributed by atoms with E-state index in [0.717, 1.165) is 12.0 Å². The second kappa shape index (κ2) is 5.70. The first-order valence-corrected chi connectivity index (χ1v) is 7.17. The highest BCUT2D eigenvalue weighted by Gasteiger charge is 2.14. The van der Waals surface area contributed by atoms with Gasteiger partial charge in [0.25, 0.3) is 0 Å². The van der Waals surface area contributed by atoms with Crippen molar-refractivity contribution in [1.29, 1.82) is 0 Å². The molecule has 2 aromatic carbocycles. The fraction of sp³-hybridized carbons (Fsp3) is 0.222. The summed E-state index contributed by atoms with van der Waals surface area (Å²) in [6.45, 7) is 0.507. The number of benzene rings is 2. The van der Waals surface area contributed by atoms with Gasteiger partial charge in [0.05, 0.1) is 0 Å². The molecule has 0 amide bonds. The van der Waals surface area contributed by atoms with Gasteiger partial charge >= 0.3 is 0 Å². The molecule has 3 aromatic rings. The average Bonchev–Trinajstić information content (AvgIpc) is 2.82. The molecule has 0 bridgehead atoms. The third-order valence-electron chi connectivity index (χ3n) is 4.05. The van der Waals surface area contributed by atoms with Crippen LogP contribution in [0, 0.1) is 5.82 Å². The number of hydrogen-bond acceptors (Lipinski definition) is 1. The van der Waals surface area contributed by atoms with E-state index in [0.29, 0.717) is 6.54 Å². The number of nitrogens with zero attached hydrogens (tertiary/aromatic N) is 1. The molecule has 0 radical (unpaired) electrons. The van der Waals surface area contributed by atoms with Crippen molar-refractivity contribution in [2.45, 2.75) is 12.3 Å². The predicted octanol–water partition coefficient (Wildman–Crippen LogP) is 3.60. The molecular formula is C18H19FN2. The monoisotopic (exact) mass is 282 g/mol. The molecular weight excluding hydrogens is 263 g/mol. The Labute approximate surface area is 124 Å². The summed E-state index contributed by atoms with van der Waals surface area (Å²) in [5, 5.41) is 1.25. The van der Waals surface area contributed by atoms with Gasteiger partial charge in [-0.05, 0) is 42.3 Å². The van der Waals surface area contributed by atoms with E-state index >= 15 is 0 Å². The zero-order valence-corrected chi connectivity index (χ0v) is 12.1. The lowest BCUT2D eigenvalue weighted by Gasteiger charge is -2.15. The Morgan fingerprint density at radius 1 is 1.14 bits per heavy atom. The lowest BCUT2D eigenvalue weighted by Crippen LogP contribution is -2.15.